The van der Waals surface area contributed by atoms with E-state index in [0.717, 1.165) is 22.5 Å². The molecule has 1 amide bonds. The fraction of sp³-hybridized carbons (Fsp3) is 0.130. The van der Waals surface area contributed by atoms with Crippen molar-refractivity contribution >= 4 is 11.7 Å². The predicted molar refractivity (Wildman–Crippen MR) is 115 cm³/mol. The van der Waals surface area contributed by atoms with E-state index < -0.39 is 0 Å². The van der Waals surface area contributed by atoms with Crippen molar-refractivity contribution in [2.24, 2.45) is 0 Å². The van der Waals surface area contributed by atoms with Gasteiger partial charge in [-0.25, -0.2) is 14.6 Å². The molecule has 0 unspecified atom stereocenters. The van der Waals surface area contributed by atoms with E-state index in [4.69, 9.17) is 4.74 Å². The van der Waals surface area contributed by atoms with Crippen molar-refractivity contribution in [1.29, 1.82) is 0 Å². The smallest absolute Gasteiger partial charge is 0.263 e. The lowest BCUT2D eigenvalue weighted by molar-refractivity contribution is -0.118. The number of nitrogens with one attached hydrogen (secondary N) is 1. The van der Waals surface area contributed by atoms with Crippen LogP contribution < -0.4 is 10.1 Å². The Hall–Kier alpha value is -4.00. The largest absolute Gasteiger partial charge is 0.484 e. The zero-order valence-electron chi connectivity index (χ0n) is 16.7. The quantitative estimate of drug-likeness (QED) is 0.531. The van der Waals surface area contributed by atoms with Crippen molar-refractivity contribution in [1.82, 2.24) is 19.7 Å². The number of aryl methyl sites for hydroxylation is 2. The first-order valence-corrected chi connectivity index (χ1v) is 9.52. The van der Waals surface area contributed by atoms with Crippen molar-refractivity contribution < 1.29 is 9.53 Å². The van der Waals surface area contributed by atoms with Gasteiger partial charge in [0.2, 0.25) is 0 Å². The summed E-state index contributed by atoms with van der Waals surface area (Å²) in [6, 6.07) is 21.3. The van der Waals surface area contributed by atoms with Crippen molar-refractivity contribution in [3.8, 4) is 22.7 Å². The molecule has 4 rings (SSSR count). The fourth-order valence-corrected chi connectivity index (χ4v) is 3.09. The summed E-state index contributed by atoms with van der Waals surface area (Å²) >= 11 is 0. The number of hydrogen-bond acceptors (Lipinski definition) is 5. The maximum atomic E-state index is 12.3. The third-order valence-electron chi connectivity index (χ3n) is 4.48. The lowest BCUT2D eigenvalue weighted by atomic mass is 10.1. The van der Waals surface area contributed by atoms with Crippen LogP contribution in [-0.2, 0) is 4.79 Å². The van der Waals surface area contributed by atoms with E-state index >= 15 is 0 Å². The molecule has 0 bridgehead atoms. The Labute approximate surface area is 174 Å². The van der Waals surface area contributed by atoms with Gasteiger partial charge < -0.3 is 10.1 Å². The van der Waals surface area contributed by atoms with E-state index in [0.29, 0.717) is 17.4 Å². The van der Waals surface area contributed by atoms with E-state index in [-0.39, 0.29) is 12.5 Å². The average Bonchev–Trinajstić information content (AvgIpc) is 3.11. The van der Waals surface area contributed by atoms with Crippen LogP contribution in [0, 0.1) is 13.8 Å². The number of aromatic nitrogens is 4. The highest BCUT2D eigenvalue weighted by Gasteiger charge is 2.09. The molecule has 0 aliphatic heterocycles. The Kier molecular flexibility index (Phi) is 5.52. The predicted octanol–water partition coefficient (Wildman–Crippen LogP) is 3.96. The lowest BCUT2D eigenvalue weighted by Crippen LogP contribution is -2.21. The standard InChI is InChI=1S/C23H21N5O2/c1-16-12-17(2)28(27-16)22-13-21(24-15-25-22)26-23(29)14-30-20-10-8-19(9-11-20)18-6-4-3-5-7-18/h3-13,15H,14H2,1-2H3,(H,24,25,26,29). The van der Waals surface area contributed by atoms with Gasteiger partial charge >= 0.3 is 0 Å². The van der Waals surface area contributed by atoms with Crippen molar-refractivity contribution in [3.05, 3.63) is 84.4 Å². The Balaban J connectivity index is 1.36. The third kappa shape index (κ3) is 4.52. The van der Waals surface area contributed by atoms with Gasteiger partial charge in [-0.05, 0) is 43.2 Å². The molecular weight excluding hydrogens is 378 g/mol. The first-order valence-electron chi connectivity index (χ1n) is 9.52. The summed E-state index contributed by atoms with van der Waals surface area (Å²) in [5.41, 5.74) is 4.06. The van der Waals surface area contributed by atoms with Gasteiger partial charge in [-0.15, -0.1) is 0 Å². The average molecular weight is 399 g/mol. The molecule has 2 aromatic heterocycles. The molecule has 2 aromatic carbocycles. The SMILES string of the molecule is Cc1cc(C)n(-c2cc(NC(=O)COc3ccc(-c4ccccc4)cc3)ncn2)n1. The van der Waals surface area contributed by atoms with E-state index in [2.05, 4.69) is 20.4 Å². The Bertz CT molecular complexity index is 1150. The second-order valence-corrected chi connectivity index (χ2v) is 6.83. The molecule has 0 aliphatic carbocycles. The number of carbonyl (C=O) groups is 1. The number of rotatable bonds is 6. The highest BCUT2D eigenvalue weighted by molar-refractivity contribution is 5.91. The van der Waals surface area contributed by atoms with Crippen LogP contribution in [0.3, 0.4) is 0 Å². The van der Waals surface area contributed by atoms with E-state index in [1.165, 1.54) is 6.33 Å². The minimum Gasteiger partial charge on any atom is -0.484 e. The summed E-state index contributed by atoms with van der Waals surface area (Å²) in [5.74, 6) is 1.29. The van der Waals surface area contributed by atoms with Gasteiger partial charge in [0.15, 0.2) is 12.4 Å². The molecule has 0 atom stereocenters. The minimum absolute atomic E-state index is 0.121. The van der Waals surface area contributed by atoms with Crippen LogP contribution in [0.2, 0.25) is 0 Å². The van der Waals surface area contributed by atoms with Crippen LogP contribution in [0.5, 0.6) is 5.75 Å². The molecule has 150 valence electrons. The van der Waals surface area contributed by atoms with Crippen LogP contribution in [0.25, 0.3) is 16.9 Å². The van der Waals surface area contributed by atoms with Crippen LogP contribution in [0.4, 0.5) is 5.82 Å². The van der Waals surface area contributed by atoms with Crippen molar-refractivity contribution in [3.63, 3.8) is 0 Å². The number of carbonyl (C=O) groups excluding carboxylic acids is 1. The number of hydrogen-bond donors (Lipinski definition) is 1. The number of anilines is 1. The van der Waals surface area contributed by atoms with Gasteiger partial charge in [0.1, 0.15) is 17.9 Å². The topological polar surface area (TPSA) is 81.9 Å². The summed E-state index contributed by atoms with van der Waals surface area (Å²) in [5, 5.41) is 7.12. The fourth-order valence-electron chi connectivity index (χ4n) is 3.09. The molecule has 4 aromatic rings. The van der Waals surface area contributed by atoms with Gasteiger partial charge in [-0.1, -0.05) is 42.5 Å². The molecule has 0 saturated heterocycles. The summed E-state index contributed by atoms with van der Waals surface area (Å²) in [6.07, 6.45) is 1.39. The summed E-state index contributed by atoms with van der Waals surface area (Å²) in [6.45, 7) is 3.73. The molecular formula is C23H21N5O2. The van der Waals surface area contributed by atoms with Gasteiger partial charge in [0, 0.05) is 11.8 Å². The maximum Gasteiger partial charge on any atom is 0.263 e. The number of benzene rings is 2. The molecule has 0 radical (unpaired) electrons. The molecule has 0 fully saturated rings. The maximum absolute atomic E-state index is 12.3. The van der Waals surface area contributed by atoms with E-state index in [9.17, 15) is 4.79 Å². The van der Waals surface area contributed by atoms with Crippen LogP contribution >= 0.6 is 0 Å². The summed E-state index contributed by atoms with van der Waals surface area (Å²) < 4.78 is 7.30. The first kappa shape index (κ1) is 19.3. The highest BCUT2D eigenvalue weighted by Crippen LogP contribution is 2.22. The number of nitrogens with zero attached hydrogens (tertiary/aromatic N) is 4. The zero-order chi connectivity index (χ0) is 20.9. The monoisotopic (exact) mass is 399 g/mol. The molecule has 1 N–H and O–H groups in total. The third-order valence-corrected chi connectivity index (χ3v) is 4.48. The summed E-state index contributed by atoms with van der Waals surface area (Å²) in [4.78, 5) is 20.6. The lowest BCUT2D eigenvalue weighted by Gasteiger charge is -2.09. The molecule has 0 saturated carbocycles. The van der Waals surface area contributed by atoms with Gasteiger partial charge in [-0.2, -0.15) is 5.10 Å². The Morgan fingerprint density at radius 1 is 0.967 bits per heavy atom. The zero-order valence-corrected chi connectivity index (χ0v) is 16.7. The normalized spacial score (nSPS) is 10.6. The molecule has 0 spiro atoms. The second kappa shape index (κ2) is 8.57. The number of amides is 1. The van der Waals surface area contributed by atoms with Crippen LogP contribution in [0.1, 0.15) is 11.4 Å². The van der Waals surface area contributed by atoms with Gasteiger partial charge in [0.05, 0.1) is 5.69 Å². The van der Waals surface area contributed by atoms with Gasteiger partial charge in [0.25, 0.3) is 5.91 Å². The molecule has 7 heteroatoms. The molecule has 30 heavy (non-hydrogen) atoms. The second-order valence-electron chi connectivity index (χ2n) is 6.83. The summed E-state index contributed by atoms with van der Waals surface area (Å²) in [7, 11) is 0. The van der Waals surface area contributed by atoms with E-state index in [1.54, 1.807) is 10.7 Å². The van der Waals surface area contributed by atoms with Gasteiger partial charge in [-0.3, -0.25) is 4.79 Å². The Morgan fingerprint density at radius 3 is 2.40 bits per heavy atom. The van der Waals surface area contributed by atoms with Crippen LogP contribution in [0.15, 0.2) is 73.1 Å². The molecule has 7 nitrogen and oxygen atoms in total. The number of ether oxygens (including phenoxy) is 1. The molecule has 0 aliphatic rings. The minimum atomic E-state index is -0.305. The Morgan fingerprint density at radius 2 is 1.70 bits per heavy atom. The van der Waals surface area contributed by atoms with Crippen molar-refractivity contribution in [2.45, 2.75) is 13.8 Å². The molecule has 2 heterocycles. The van der Waals surface area contributed by atoms with E-state index in [1.807, 2.05) is 74.5 Å². The van der Waals surface area contributed by atoms with Crippen LogP contribution in [-0.4, -0.2) is 32.3 Å². The van der Waals surface area contributed by atoms with Crippen molar-refractivity contribution in [2.75, 3.05) is 11.9 Å². The highest BCUT2D eigenvalue weighted by atomic mass is 16.5. The first-order chi connectivity index (χ1) is 14.6.